The number of rotatable bonds is 9. The first-order chi connectivity index (χ1) is 30.1. The van der Waals surface area contributed by atoms with Crippen LogP contribution in [0.3, 0.4) is 0 Å². The Balaban J connectivity index is 0.878. The number of hydrogen-bond donors (Lipinski definition) is 4. The largest absolute Gasteiger partial charge is 0.465 e. The van der Waals surface area contributed by atoms with Gasteiger partial charge >= 0.3 is 12.2 Å². The van der Waals surface area contributed by atoms with Crippen molar-refractivity contribution in [3.63, 3.8) is 0 Å². The molecule has 4 amide bonds. The van der Waals surface area contributed by atoms with Crippen molar-refractivity contribution in [3.05, 3.63) is 120 Å². The highest BCUT2D eigenvalue weighted by Gasteiger charge is 2.42. The number of H-pyrrole nitrogens is 2. The highest BCUT2D eigenvalue weighted by molar-refractivity contribution is 5.91. The van der Waals surface area contributed by atoms with Gasteiger partial charge in [-0.15, -0.1) is 0 Å². The van der Waals surface area contributed by atoms with Crippen molar-refractivity contribution in [1.29, 1.82) is 0 Å². The molecule has 318 valence electrons. The van der Waals surface area contributed by atoms with Crippen molar-refractivity contribution in [1.82, 2.24) is 40.0 Å². The highest BCUT2D eigenvalue weighted by Crippen LogP contribution is 2.39. The minimum absolute atomic E-state index is 0.110. The molecule has 62 heavy (non-hydrogen) atoms. The van der Waals surface area contributed by atoms with Crippen LogP contribution in [0.25, 0.3) is 44.4 Å². The predicted octanol–water partition coefficient (Wildman–Crippen LogP) is 8.27. The van der Waals surface area contributed by atoms with Gasteiger partial charge in [-0.2, -0.15) is 0 Å². The van der Waals surface area contributed by atoms with E-state index in [0.29, 0.717) is 25.3 Å². The zero-order valence-electron chi connectivity index (χ0n) is 35.0. The van der Waals surface area contributed by atoms with E-state index in [1.54, 1.807) is 11.1 Å². The van der Waals surface area contributed by atoms with Crippen molar-refractivity contribution in [2.75, 3.05) is 26.7 Å². The summed E-state index contributed by atoms with van der Waals surface area (Å²) in [6, 6.07) is 26.6. The van der Waals surface area contributed by atoms with Gasteiger partial charge in [-0.05, 0) is 88.7 Å². The summed E-state index contributed by atoms with van der Waals surface area (Å²) >= 11 is 0. The number of carbonyl (C=O) groups excluding carboxylic acids is 3. The molecule has 3 aliphatic heterocycles. The molecule has 2 fully saturated rings. The number of aromatic nitrogens is 4. The average molecular weight is 835 g/mol. The number of fused-ring (bicyclic) bond motifs is 2. The molecule has 4 atom stereocenters. The molecule has 0 radical (unpaired) electrons. The van der Waals surface area contributed by atoms with Crippen molar-refractivity contribution >= 4 is 34.8 Å². The number of aromatic amines is 2. The minimum atomic E-state index is -1.09. The molecule has 9 rings (SSSR count). The molecule has 6 aromatic rings. The summed E-state index contributed by atoms with van der Waals surface area (Å²) < 4.78 is 4.77. The first-order valence-electron chi connectivity index (χ1n) is 21.4. The summed E-state index contributed by atoms with van der Waals surface area (Å²) in [5.74, 6) is 0.962. The Kier molecular flexibility index (Phi) is 11.0. The summed E-state index contributed by atoms with van der Waals surface area (Å²) in [4.78, 5) is 73.3. The molecule has 4 N–H and O–H groups in total. The van der Waals surface area contributed by atoms with Crippen LogP contribution in [0, 0.1) is 5.92 Å². The summed E-state index contributed by atoms with van der Waals surface area (Å²) in [6.07, 6.45) is 5.66. The summed E-state index contributed by atoms with van der Waals surface area (Å²) in [5.41, 5.74) is 7.58. The molecule has 0 saturated carbocycles. The Hall–Kier alpha value is -6.96. The van der Waals surface area contributed by atoms with Crippen LogP contribution in [0.1, 0.15) is 80.4 Å². The summed E-state index contributed by atoms with van der Waals surface area (Å²) in [5, 5.41) is 14.9. The lowest BCUT2D eigenvalue weighted by molar-refractivity contribution is -0.138. The number of alkyl carbamates (subject to hydrolysis) is 1. The van der Waals surface area contributed by atoms with E-state index in [1.165, 1.54) is 12.0 Å². The fourth-order valence-corrected chi connectivity index (χ4v) is 9.44. The number of hydrogen-bond acceptors (Lipinski definition) is 7. The molecule has 4 aromatic carbocycles. The van der Waals surface area contributed by atoms with Gasteiger partial charge in [0, 0.05) is 25.2 Å². The van der Waals surface area contributed by atoms with Crippen LogP contribution in [0.15, 0.2) is 97.3 Å². The lowest BCUT2D eigenvalue weighted by atomic mass is 9.92. The molecule has 0 bridgehead atoms. The number of likely N-dealkylation sites (tertiary alicyclic amines) is 2. The summed E-state index contributed by atoms with van der Waals surface area (Å²) in [7, 11) is 1.29. The number of carboxylic acid groups (broad SMARTS) is 1. The van der Waals surface area contributed by atoms with Crippen molar-refractivity contribution in [2.45, 2.75) is 70.1 Å². The molecular formula is C48H50N8O6. The Morgan fingerprint density at radius 1 is 0.726 bits per heavy atom. The number of carbonyl (C=O) groups is 4. The van der Waals surface area contributed by atoms with Crippen LogP contribution < -0.4 is 5.32 Å². The maximum absolute atomic E-state index is 14.2. The van der Waals surface area contributed by atoms with Gasteiger partial charge in [0.15, 0.2) is 0 Å². The number of amides is 4. The second-order valence-electron chi connectivity index (χ2n) is 16.8. The quantitative estimate of drug-likeness (QED) is 0.113. The SMILES string of the molecule is COC(=O)N[C@H](C(=O)N1CCC[C@H]1c1ncc(-c2ccc3cc(-c4ccc(-c5cnc([C@@H]6CCCN6C(=O)C6c7ccccc7CCN6C(=O)O)[nH]5)cc4)ccc3c2)[nH]1)C(C)C. The van der Waals surface area contributed by atoms with E-state index in [9.17, 15) is 24.3 Å². The van der Waals surface area contributed by atoms with E-state index in [2.05, 4.69) is 75.9 Å². The van der Waals surface area contributed by atoms with E-state index >= 15 is 0 Å². The van der Waals surface area contributed by atoms with E-state index in [1.807, 2.05) is 49.2 Å². The van der Waals surface area contributed by atoms with Crippen LogP contribution in [0.4, 0.5) is 9.59 Å². The van der Waals surface area contributed by atoms with Crippen molar-refractivity contribution < 1.29 is 29.0 Å². The smallest absolute Gasteiger partial charge is 0.408 e. The molecule has 5 heterocycles. The second kappa shape index (κ2) is 16.8. The van der Waals surface area contributed by atoms with Gasteiger partial charge in [-0.3, -0.25) is 14.5 Å². The van der Waals surface area contributed by atoms with Crippen LogP contribution in [-0.2, 0) is 20.7 Å². The number of imidazole rings is 2. The lowest BCUT2D eigenvalue weighted by Gasteiger charge is -2.37. The summed E-state index contributed by atoms with van der Waals surface area (Å²) in [6.45, 7) is 5.22. The predicted molar refractivity (Wildman–Crippen MR) is 234 cm³/mol. The van der Waals surface area contributed by atoms with Gasteiger partial charge < -0.3 is 34.9 Å². The zero-order chi connectivity index (χ0) is 43.1. The van der Waals surface area contributed by atoms with Crippen molar-refractivity contribution in [2.24, 2.45) is 5.92 Å². The van der Waals surface area contributed by atoms with Crippen LogP contribution in [0.5, 0.6) is 0 Å². The second-order valence-corrected chi connectivity index (χ2v) is 16.8. The lowest BCUT2D eigenvalue weighted by Crippen LogP contribution is -2.51. The fraction of sp³-hybridized carbons (Fsp3) is 0.333. The van der Waals surface area contributed by atoms with E-state index in [4.69, 9.17) is 14.7 Å². The van der Waals surface area contributed by atoms with Crippen molar-refractivity contribution in [3.8, 4) is 33.6 Å². The minimum Gasteiger partial charge on any atom is -0.465 e. The topological polar surface area (TPSA) is 177 Å². The van der Waals surface area contributed by atoms with E-state index in [0.717, 1.165) is 87.0 Å². The molecule has 0 aliphatic carbocycles. The number of nitrogens with one attached hydrogen (secondary N) is 3. The molecule has 1 unspecified atom stereocenters. The molecule has 2 aromatic heterocycles. The number of methoxy groups -OCH3 is 1. The highest BCUT2D eigenvalue weighted by atomic mass is 16.5. The maximum Gasteiger partial charge on any atom is 0.408 e. The van der Waals surface area contributed by atoms with Gasteiger partial charge in [-0.1, -0.05) is 86.6 Å². The molecular weight excluding hydrogens is 785 g/mol. The fourth-order valence-electron chi connectivity index (χ4n) is 9.44. The van der Waals surface area contributed by atoms with Gasteiger partial charge in [0.1, 0.15) is 23.7 Å². The Morgan fingerprint density at radius 2 is 1.31 bits per heavy atom. The third kappa shape index (κ3) is 7.65. The molecule has 3 aliphatic rings. The standard InChI is InChI=1S/C48H50N8O6/c1-28(2)41(53-47(59)62-3)45(57)54-21-6-10-39(54)43-50-27-38(52-43)35-19-18-33-24-32(16-17-34(33)25-35)29-12-14-31(15-13-29)37-26-49-44(51-37)40-11-7-22-55(40)46(58)42-36-9-5-4-8-30(36)20-23-56(42)48(60)61/h4-5,8-9,12-19,24-28,39-42H,6-7,10-11,20-23H2,1-3H3,(H,49,51)(H,50,52)(H,53,59)(H,60,61)/t39-,40-,41-,42?/m0/s1. The first kappa shape index (κ1) is 40.4. The van der Waals surface area contributed by atoms with E-state index < -0.39 is 24.3 Å². The normalized spacial score (nSPS) is 19.2. The molecule has 14 nitrogen and oxygen atoms in total. The monoisotopic (exact) mass is 834 g/mol. The molecule has 14 heteroatoms. The maximum atomic E-state index is 14.2. The van der Waals surface area contributed by atoms with Gasteiger partial charge in [0.25, 0.3) is 5.91 Å². The number of benzene rings is 4. The van der Waals surface area contributed by atoms with E-state index in [-0.39, 0.29) is 36.4 Å². The third-order valence-electron chi connectivity index (χ3n) is 12.7. The number of nitrogens with zero attached hydrogens (tertiary/aromatic N) is 5. The van der Waals surface area contributed by atoms with Gasteiger partial charge in [0.2, 0.25) is 5.91 Å². The average Bonchev–Trinajstić information content (AvgIpc) is 4.14. The first-order valence-corrected chi connectivity index (χ1v) is 21.4. The molecule has 0 spiro atoms. The third-order valence-corrected chi connectivity index (χ3v) is 12.7. The zero-order valence-corrected chi connectivity index (χ0v) is 35.0. The Bertz CT molecular complexity index is 2650. The Labute approximate surface area is 359 Å². The van der Waals surface area contributed by atoms with Gasteiger partial charge in [-0.25, -0.2) is 19.6 Å². The van der Waals surface area contributed by atoms with Crippen LogP contribution in [-0.4, -0.2) is 96.5 Å². The number of ether oxygens (including phenoxy) is 1. The van der Waals surface area contributed by atoms with Crippen LogP contribution in [0.2, 0.25) is 0 Å². The Morgan fingerprint density at radius 3 is 1.97 bits per heavy atom. The van der Waals surface area contributed by atoms with Gasteiger partial charge in [0.05, 0.1) is 43.0 Å². The molecule has 2 saturated heterocycles. The van der Waals surface area contributed by atoms with Crippen LogP contribution >= 0.6 is 0 Å².